The van der Waals surface area contributed by atoms with Crippen molar-refractivity contribution in [2.45, 2.75) is 64.9 Å². The van der Waals surface area contributed by atoms with Gasteiger partial charge in [0.15, 0.2) is 0 Å². The van der Waals surface area contributed by atoms with Gasteiger partial charge in [0, 0.05) is 5.69 Å². The van der Waals surface area contributed by atoms with E-state index in [1.54, 1.807) is 0 Å². The summed E-state index contributed by atoms with van der Waals surface area (Å²) in [5, 5.41) is 3.03. The fraction of sp³-hybridized carbons (Fsp3) is 0.406. The van der Waals surface area contributed by atoms with Gasteiger partial charge in [-0.05, 0) is 84.4 Å². The summed E-state index contributed by atoms with van der Waals surface area (Å²) < 4.78 is 6.40. The minimum atomic E-state index is -0.133. The first-order valence-corrected chi connectivity index (χ1v) is 13.6. The highest BCUT2D eigenvalue weighted by Crippen LogP contribution is 2.40. The molecule has 1 saturated carbocycles. The van der Waals surface area contributed by atoms with Crippen LogP contribution in [-0.2, 0) is 0 Å². The molecule has 1 atom stereocenters. The van der Waals surface area contributed by atoms with Gasteiger partial charge in [-0.2, -0.15) is 0 Å². The van der Waals surface area contributed by atoms with E-state index in [1.165, 1.54) is 43.2 Å². The van der Waals surface area contributed by atoms with Crippen LogP contribution in [0.4, 0.5) is 16.2 Å². The summed E-state index contributed by atoms with van der Waals surface area (Å²) in [4.78, 5) is 15.1. The normalized spacial score (nSPS) is 21.6. The van der Waals surface area contributed by atoms with Gasteiger partial charge in [-0.1, -0.05) is 75.7 Å². The Kier molecular flexibility index (Phi) is 7.31. The van der Waals surface area contributed by atoms with Crippen LogP contribution in [0.2, 0.25) is 0 Å². The highest BCUT2D eigenvalue weighted by atomic mass is 16.5. The van der Waals surface area contributed by atoms with Crippen molar-refractivity contribution in [3.63, 3.8) is 0 Å². The maximum atomic E-state index is 13.2. The lowest BCUT2D eigenvalue weighted by Gasteiger charge is -2.36. The molecule has 1 aliphatic carbocycles. The zero-order chi connectivity index (χ0) is 25.1. The second-order valence-electron chi connectivity index (χ2n) is 10.7. The highest BCUT2D eigenvalue weighted by molar-refractivity contribution is 6.03. The molecule has 1 heterocycles. The number of hydrogen-bond donors (Lipinski definition) is 1. The number of fused-ring (bicyclic) bond motifs is 1. The van der Waals surface area contributed by atoms with E-state index in [-0.39, 0.29) is 18.1 Å². The molecule has 0 aromatic heterocycles. The Balaban J connectivity index is 1.36. The summed E-state index contributed by atoms with van der Waals surface area (Å²) in [7, 11) is 0. The third kappa shape index (κ3) is 5.28. The van der Waals surface area contributed by atoms with Gasteiger partial charge < -0.3 is 10.1 Å². The van der Waals surface area contributed by atoms with Gasteiger partial charge in [0.1, 0.15) is 11.9 Å². The van der Waals surface area contributed by atoms with Gasteiger partial charge >= 0.3 is 6.03 Å². The maximum Gasteiger partial charge on any atom is 0.326 e. The quantitative estimate of drug-likeness (QED) is 0.396. The van der Waals surface area contributed by atoms with Crippen LogP contribution in [0.15, 0.2) is 72.8 Å². The van der Waals surface area contributed by atoms with E-state index in [2.05, 4.69) is 62.5 Å². The van der Waals surface area contributed by atoms with Crippen molar-refractivity contribution in [2.24, 2.45) is 11.8 Å². The van der Waals surface area contributed by atoms with E-state index in [9.17, 15) is 4.79 Å². The van der Waals surface area contributed by atoms with E-state index in [0.717, 1.165) is 28.6 Å². The molecule has 1 unspecified atom stereocenters. The predicted molar refractivity (Wildman–Crippen MR) is 149 cm³/mol. The maximum absolute atomic E-state index is 13.2. The molecular weight excluding hydrogens is 444 g/mol. The smallest absolute Gasteiger partial charge is 0.326 e. The summed E-state index contributed by atoms with van der Waals surface area (Å²) in [6.45, 7) is 7.12. The Bertz CT molecular complexity index is 1160. The Morgan fingerprint density at radius 3 is 2.31 bits per heavy atom. The van der Waals surface area contributed by atoms with Crippen LogP contribution < -0.4 is 15.0 Å². The number of nitrogens with zero attached hydrogens (tertiary/aromatic N) is 1. The predicted octanol–water partition coefficient (Wildman–Crippen LogP) is 8.49. The number of para-hydroxylation sites is 1. The van der Waals surface area contributed by atoms with Crippen LogP contribution in [0.5, 0.6) is 5.75 Å². The minimum absolute atomic E-state index is 0.0603. The molecule has 4 heteroatoms. The number of hydrogen-bond acceptors (Lipinski definition) is 2. The van der Waals surface area contributed by atoms with Crippen LogP contribution in [0, 0.1) is 11.8 Å². The summed E-state index contributed by atoms with van der Waals surface area (Å²) in [5.74, 6) is 2.66. The standard InChI is InChI=1S/C32H38N2O2/c1-4-23-10-12-24(13-11-23)25-14-16-26(17-15-25)27-18-19-29-30(20-27)36-31(22(2)3)21-34(29)32(35)33-28-8-6-5-7-9-28/h5-9,14-20,22-24,31H,4,10-13,21H2,1-3H3,(H,33,35). The van der Waals surface area contributed by atoms with E-state index in [1.807, 2.05) is 41.3 Å². The van der Waals surface area contributed by atoms with Crippen molar-refractivity contribution >= 4 is 17.4 Å². The Labute approximate surface area is 215 Å². The first-order valence-electron chi connectivity index (χ1n) is 13.6. The molecule has 2 amide bonds. The molecule has 3 aromatic rings. The average molecular weight is 483 g/mol. The fourth-order valence-corrected chi connectivity index (χ4v) is 5.59. The molecule has 0 bridgehead atoms. The number of urea groups is 1. The van der Waals surface area contributed by atoms with Gasteiger partial charge in [-0.3, -0.25) is 4.90 Å². The van der Waals surface area contributed by atoms with Crippen molar-refractivity contribution in [1.29, 1.82) is 0 Å². The molecule has 0 saturated heterocycles. The molecule has 1 fully saturated rings. The van der Waals surface area contributed by atoms with Crippen molar-refractivity contribution < 1.29 is 9.53 Å². The first-order chi connectivity index (χ1) is 17.5. The summed E-state index contributed by atoms with van der Waals surface area (Å²) in [6.07, 6.45) is 6.58. The third-order valence-electron chi connectivity index (χ3n) is 8.04. The monoisotopic (exact) mass is 482 g/mol. The van der Waals surface area contributed by atoms with E-state index in [4.69, 9.17) is 4.74 Å². The molecule has 0 spiro atoms. The van der Waals surface area contributed by atoms with Crippen LogP contribution >= 0.6 is 0 Å². The Hall–Kier alpha value is -3.27. The molecule has 4 nitrogen and oxygen atoms in total. The second-order valence-corrected chi connectivity index (χ2v) is 10.7. The number of amides is 2. The highest BCUT2D eigenvalue weighted by Gasteiger charge is 2.32. The topological polar surface area (TPSA) is 41.6 Å². The van der Waals surface area contributed by atoms with Gasteiger partial charge in [-0.15, -0.1) is 0 Å². The molecule has 36 heavy (non-hydrogen) atoms. The zero-order valence-corrected chi connectivity index (χ0v) is 21.7. The Morgan fingerprint density at radius 2 is 1.64 bits per heavy atom. The molecule has 5 rings (SSSR count). The van der Waals surface area contributed by atoms with E-state index in [0.29, 0.717) is 12.5 Å². The van der Waals surface area contributed by atoms with Gasteiger partial charge in [0.2, 0.25) is 0 Å². The minimum Gasteiger partial charge on any atom is -0.486 e. The van der Waals surface area contributed by atoms with Crippen molar-refractivity contribution in [1.82, 2.24) is 0 Å². The van der Waals surface area contributed by atoms with Crippen LogP contribution in [0.3, 0.4) is 0 Å². The summed E-state index contributed by atoms with van der Waals surface area (Å²) in [6, 6.07) is 24.8. The number of anilines is 2. The summed E-state index contributed by atoms with van der Waals surface area (Å²) in [5.41, 5.74) is 5.36. The number of nitrogens with one attached hydrogen (secondary N) is 1. The van der Waals surface area contributed by atoms with Crippen LogP contribution in [-0.4, -0.2) is 18.7 Å². The van der Waals surface area contributed by atoms with Gasteiger partial charge in [-0.25, -0.2) is 4.79 Å². The fourth-order valence-electron chi connectivity index (χ4n) is 5.59. The van der Waals surface area contributed by atoms with Gasteiger partial charge in [0.05, 0.1) is 12.2 Å². The van der Waals surface area contributed by atoms with Crippen molar-refractivity contribution in [3.05, 3.63) is 78.4 Å². The number of carbonyl (C=O) groups excluding carboxylic acids is 1. The molecular formula is C32H38N2O2. The van der Waals surface area contributed by atoms with Crippen molar-refractivity contribution in [2.75, 3.05) is 16.8 Å². The van der Waals surface area contributed by atoms with Crippen LogP contribution in [0.25, 0.3) is 11.1 Å². The van der Waals surface area contributed by atoms with E-state index < -0.39 is 0 Å². The molecule has 1 N–H and O–H groups in total. The molecule has 1 aliphatic heterocycles. The second kappa shape index (κ2) is 10.8. The number of rotatable bonds is 5. The van der Waals surface area contributed by atoms with Gasteiger partial charge in [0.25, 0.3) is 0 Å². The number of carbonyl (C=O) groups is 1. The first kappa shape index (κ1) is 24.4. The van der Waals surface area contributed by atoms with E-state index >= 15 is 0 Å². The number of ether oxygens (including phenoxy) is 1. The SMILES string of the molecule is CCC1CCC(c2ccc(-c3ccc4c(c3)OC(C(C)C)CN4C(=O)Nc3ccccc3)cc2)CC1. The average Bonchev–Trinajstić information content (AvgIpc) is 2.92. The molecule has 2 aliphatic rings. The largest absolute Gasteiger partial charge is 0.486 e. The lowest BCUT2D eigenvalue weighted by Crippen LogP contribution is -2.47. The molecule has 0 radical (unpaired) electrons. The zero-order valence-electron chi connectivity index (χ0n) is 21.7. The molecule has 3 aromatic carbocycles. The lowest BCUT2D eigenvalue weighted by molar-refractivity contribution is 0.147. The van der Waals surface area contributed by atoms with Crippen LogP contribution in [0.1, 0.15) is 64.4 Å². The summed E-state index contributed by atoms with van der Waals surface area (Å²) >= 11 is 0. The number of benzene rings is 3. The Morgan fingerprint density at radius 1 is 0.944 bits per heavy atom. The van der Waals surface area contributed by atoms with Crippen molar-refractivity contribution in [3.8, 4) is 16.9 Å². The molecule has 188 valence electrons. The third-order valence-corrected chi connectivity index (χ3v) is 8.04. The lowest BCUT2D eigenvalue weighted by atomic mass is 9.77.